The van der Waals surface area contributed by atoms with Crippen LogP contribution in [0.2, 0.25) is 0 Å². The molecule has 1 aliphatic heterocycles. The van der Waals surface area contributed by atoms with E-state index in [2.05, 4.69) is 58.2 Å². The maximum absolute atomic E-state index is 3.60. The van der Waals surface area contributed by atoms with Crippen molar-refractivity contribution in [1.82, 2.24) is 5.32 Å². The summed E-state index contributed by atoms with van der Waals surface area (Å²) in [5, 5.41) is 3.45. The van der Waals surface area contributed by atoms with Crippen LogP contribution in [-0.2, 0) is 6.54 Å². The number of rotatable bonds is 4. The van der Waals surface area contributed by atoms with Crippen LogP contribution in [0.5, 0.6) is 0 Å². The summed E-state index contributed by atoms with van der Waals surface area (Å²) in [4.78, 5) is 2.60. The minimum absolute atomic E-state index is 0.657. The summed E-state index contributed by atoms with van der Waals surface area (Å²) < 4.78 is 1.17. The summed E-state index contributed by atoms with van der Waals surface area (Å²) in [5.74, 6) is 0. The van der Waals surface area contributed by atoms with E-state index in [0.29, 0.717) is 6.04 Å². The third-order valence-corrected chi connectivity index (χ3v) is 4.46. The predicted octanol–water partition coefficient (Wildman–Crippen LogP) is 4.33. The maximum atomic E-state index is 3.60. The van der Waals surface area contributed by atoms with E-state index < -0.39 is 0 Å². The van der Waals surface area contributed by atoms with Gasteiger partial charge in [0.25, 0.3) is 0 Å². The van der Waals surface area contributed by atoms with E-state index in [1.807, 2.05) is 0 Å². The van der Waals surface area contributed by atoms with Crippen LogP contribution in [0.4, 0.5) is 5.69 Å². The van der Waals surface area contributed by atoms with E-state index in [0.717, 1.165) is 13.1 Å². The molecule has 19 heavy (non-hydrogen) atoms. The zero-order valence-electron chi connectivity index (χ0n) is 12.1. The Labute approximate surface area is 125 Å². The van der Waals surface area contributed by atoms with Gasteiger partial charge in [0.2, 0.25) is 0 Å². The molecular formula is C16H25BrN2. The first-order chi connectivity index (χ1) is 9.22. The van der Waals surface area contributed by atoms with E-state index in [1.165, 1.54) is 48.0 Å². The highest BCUT2D eigenvalue weighted by atomic mass is 79.9. The molecule has 2 nitrogen and oxygen atoms in total. The average Bonchev–Trinajstić information content (AvgIpc) is 2.61. The van der Waals surface area contributed by atoms with Crippen molar-refractivity contribution in [3.8, 4) is 0 Å². The molecular weight excluding hydrogens is 300 g/mol. The van der Waals surface area contributed by atoms with Crippen molar-refractivity contribution in [1.29, 1.82) is 0 Å². The molecule has 1 N–H and O–H groups in total. The van der Waals surface area contributed by atoms with Gasteiger partial charge < -0.3 is 10.2 Å². The monoisotopic (exact) mass is 324 g/mol. The van der Waals surface area contributed by atoms with Gasteiger partial charge in [-0.25, -0.2) is 0 Å². The Hall–Kier alpha value is -0.540. The van der Waals surface area contributed by atoms with Crippen LogP contribution in [-0.4, -0.2) is 19.1 Å². The Balaban J connectivity index is 2.25. The fourth-order valence-electron chi connectivity index (χ4n) is 2.87. The van der Waals surface area contributed by atoms with Gasteiger partial charge in [-0.3, -0.25) is 0 Å². The second-order valence-corrected chi connectivity index (χ2v) is 6.36. The van der Waals surface area contributed by atoms with Crippen LogP contribution in [0, 0.1) is 0 Å². The zero-order chi connectivity index (χ0) is 13.7. The summed E-state index contributed by atoms with van der Waals surface area (Å²) in [6, 6.07) is 7.36. The van der Waals surface area contributed by atoms with Gasteiger partial charge in [-0.05, 0) is 50.1 Å². The molecule has 0 spiro atoms. The molecule has 0 aliphatic carbocycles. The molecule has 0 aromatic heterocycles. The summed E-state index contributed by atoms with van der Waals surface area (Å²) in [7, 11) is 0. The van der Waals surface area contributed by atoms with Crippen LogP contribution in [0.1, 0.15) is 45.1 Å². The lowest BCUT2D eigenvalue weighted by Crippen LogP contribution is -2.33. The lowest BCUT2D eigenvalue weighted by molar-refractivity contribution is 0.612. The minimum Gasteiger partial charge on any atom is -0.369 e. The van der Waals surface area contributed by atoms with Gasteiger partial charge in [0.05, 0.1) is 0 Å². The van der Waals surface area contributed by atoms with Crippen LogP contribution in [0.25, 0.3) is 0 Å². The van der Waals surface area contributed by atoms with Gasteiger partial charge in [-0.1, -0.05) is 35.7 Å². The fourth-order valence-corrected chi connectivity index (χ4v) is 3.28. The molecule has 0 radical (unpaired) electrons. The second-order valence-electron chi connectivity index (χ2n) is 5.45. The molecule has 1 aromatic carbocycles. The number of halogens is 1. The molecule has 2 rings (SSSR count). The van der Waals surface area contributed by atoms with Gasteiger partial charge in [0, 0.05) is 29.3 Å². The lowest BCUT2D eigenvalue weighted by Gasteiger charge is -2.31. The SMILES string of the molecule is CCNCc1cc(Br)ccc1N1CCCCCC1C. The molecule has 1 saturated heterocycles. The van der Waals surface area contributed by atoms with Crippen LogP contribution in [0.3, 0.4) is 0 Å². The molecule has 0 amide bonds. The Morgan fingerprint density at radius 1 is 1.32 bits per heavy atom. The van der Waals surface area contributed by atoms with Crippen molar-refractivity contribution in [2.75, 3.05) is 18.0 Å². The van der Waals surface area contributed by atoms with Crippen LogP contribution >= 0.6 is 15.9 Å². The minimum atomic E-state index is 0.657. The van der Waals surface area contributed by atoms with E-state index in [4.69, 9.17) is 0 Å². The molecule has 106 valence electrons. The maximum Gasteiger partial charge on any atom is 0.0415 e. The molecule has 1 aromatic rings. The topological polar surface area (TPSA) is 15.3 Å². The Kier molecular flexibility index (Phi) is 5.71. The smallest absolute Gasteiger partial charge is 0.0415 e. The highest BCUT2D eigenvalue weighted by molar-refractivity contribution is 9.10. The van der Waals surface area contributed by atoms with Crippen molar-refractivity contribution >= 4 is 21.6 Å². The van der Waals surface area contributed by atoms with Crippen molar-refractivity contribution < 1.29 is 0 Å². The standard InChI is InChI=1S/C16H25BrN2/c1-3-18-12-14-11-15(17)8-9-16(14)19-10-6-4-5-7-13(19)2/h8-9,11,13,18H,3-7,10,12H2,1-2H3. The van der Waals surface area contributed by atoms with E-state index >= 15 is 0 Å². The van der Waals surface area contributed by atoms with Gasteiger partial charge >= 0.3 is 0 Å². The molecule has 3 heteroatoms. The second kappa shape index (κ2) is 7.30. The number of nitrogens with zero attached hydrogens (tertiary/aromatic N) is 1. The quantitative estimate of drug-likeness (QED) is 0.886. The van der Waals surface area contributed by atoms with Gasteiger partial charge in [-0.15, -0.1) is 0 Å². The Morgan fingerprint density at radius 2 is 2.16 bits per heavy atom. The lowest BCUT2D eigenvalue weighted by atomic mass is 10.1. The third-order valence-electron chi connectivity index (χ3n) is 3.97. The molecule has 1 heterocycles. The Morgan fingerprint density at radius 3 is 2.95 bits per heavy atom. The first-order valence-electron chi connectivity index (χ1n) is 7.48. The van der Waals surface area contributed by atoms with Crippen molar-refractivity contribution in [3.05, 3.63) is 28.2 Å². The molecule has 0 saturated carbocycles. The highest BCUT2D eigenvalue weighted by Crippen LogP contribution is 2.29. The Bertz CT molecular complexity index is 406. The van der Waals surface area contributed by atoms with E-state index in [9.17, 15) is 0 Å². The number of benzene rings is 1. The summed E-state index contributed by atoms with van der Waals surface area (Å²) in [6.45, 7) is 7.69. The van der Waals surface area contributed by atoms with Crippen LogP contribution < -0.4 is 10.2 Å². The molecule has 1 atom stereocenters. The van der Waals surface area contributed by atoms with Crippen LogP contribution in [0.15, 0.2) is 22.7 Å². The largest absolute Gasteiger partial charge is 0.369 e. The van der Waals surface area contributed by atoms with E-state index in [1.54, 1.807) is 0 Å². The van der Waals surface area contributed by atoms with Gasteiger partial charge in [0.1, 0.15) is 0 Å². The summed E-state index contributed by atoms with van der Waals surface area (Å²) in [6.07, 6.45) is 5.38. The van der Waals surface area contributed by atoms with Crippen molar-refractivity contribution in [2.45, 2.75) is 52.1 Å². The summed E-state index contributed by atoms with van der Waals surface area (Å²) in [5.41, 5.74) is 2.82. The third kappa shape index (κ3) is 3.96. The normalized spacial score (nSPS) is 20.4. The molecule has 1 aliphatic rings. The number of anilines is 1. The van der Waals surface area contributed by atoms with Gasteiger partial charge in [-0.2, -0.15) is 0 Å². The molecule has 0 bridgehead atoms. The van der Waals surface area contributed by atoms with Gasteiger partial charge in [0.15, 0.2) is 0 Å². The highest BCUT2D eigenvalue weighted by Gasteiger charge is 2.19. The first-order valence-corrected chi connectivity index (χ1v) is 8.27. The van der Waals surface area contributed by atoms with Crippen molar-refractivity contribution in [2.24, 2.45) is 0 Å². The summed E-state index contributed by atoms with van der Waals surface area (Å²) >= 11 is 3.60. The predicted molar refractivity (Wildman–Crippen MR) is 86.8 cm³/mol. The van der Waals surface area contributed by atoms with E-state index in [-0.39, 0.29) is 0 Å². The molecule has 1 fully saturated rings. The van der Waals surface area contributed by atoms with Crippen molar-refractivity contribution in [3.63, 3.8) is 0 Å². The average molecular weight is 325 g/mol. The first kappa shape index (κ1) is 14.9. The number of nitrogens with one attached hydrogen (secondary N) is 1. The molecule has 1 unspecified atom stereocenters. The zero-order valence-corrected chi connectivity index (χ0v) is 13.7. The number of hydrogen-bond donors (Lipinski definition) is 1. The fraction of sp³-hybridized carbons (Fsp3) is 0.625. The number of hydrogen-bond acceptors (Lipinski definition) is 2.